The molecule has 0 spiro atoms. The third-order valence-corrected chi connectivity index (χ3v) is 4.96. The van der Waals surface area contributed by atoms with Crippen LogP contribution >= 0.6 is 0 Å². The minimum atomic E-state index is -0.462. The molecule has 132 valence electrons. The molecule has 2 aromatic rings. The predicted octanol–water partition coefficient (Wildman–Crippen LogP) is 2.69. The molecule has 1 unspecified atom stereocenters. The van der Waals surface area contributed by atoms with Crippen LogP contribution in [0.1, 0.15) is 29.9 Å². The first-order chi connectivity index (χ1) is 12.3. The van der Waals surface area contributed by atoms with Crippen molar-refractivity contribution < 1.29 is 9.53 Å². The zero-order valence-corrected chi connectivity index (χ0v) is 14.4. The van der Waals surface area contributed by atoms with Crippen molar-refractivity contribution in [2.45, 2.75) is 24.8 Å². The summed E-state index contributed by atoms with van der Waals surface area (Å²) in [7, 11) is 0. The second-order valence-electron chi connectivity index (χ2n) is 6.59. The number of hydrogen-bond donors (Lipinski definition) is 2. The Bertz CT molecular complexity index is 615. The van der Waals surface area contributed by atoms with Gasteiger partial charge in [-0.3, -0.25) is 4.79 Å². The van der Waals surface area contributed by atoms with Gasteiger partial charge in [0, 0.05) is 25.7 Å². The second kappa shape index (κ2) is 8.79. The minimum absolute atomic E-state index is 0.0660. The molecule has 0 radical (unpaired) electrons. The Hall–Kier alpha value is -2.17. The molecule has 1 heterocycles. The van der Waals surface area contributed by atoms with Crippen molar-refractivity contribution in [3.8, 4) is 0 Å². The standard InChI is InChI=1S/C21H26N2O2/c22-20(18-11-13-25-14-12-18)21(24)23-15-19(16-7-3-1-4-8-16)17-9-5-2-6-10-17/h1-10,18-20H,11-15,22H2,(H,23,24). The van der Waals surface area contributed by atoms with Gasteiger partial charge in [0.15, 0.2) is 0 Å². The van der Waals surface area contributed by atoms with Gasteiger partial charge in [-0.15, -0.1) is 0 Å². The number of carbonyl (C=O) groups is 1. The average Bonchev–Trinajstić information content (AvgIpc) is 2.70. The zero-order chi connectivity index (χ0) is 17.5. The Kier molecular flexibility index (Phi) is 6.20. The molecule has 25 heavy (non-hydrogen) atoms. The molecule has 3 rings (SSSR count). The van der Waals surface area contributed by atoms with Crippen molar-refractivity contribution >= 4 is 5.91 Å². The first-order valence-corrected chi connectivity index (χ1v) is 8.96. The van der Waals surface area contributed by atoms with Crippen LogP contribution in [0, 0.1) is 5.92 Å². The van der Waals surface area contributed by atoms with E-state index >= 15 is 0 Å². The lowest BCUT2D eigenvalue weighted by molar-refractivity contribution is -0.124. The molecule has 3 N–H and O–H groups in total. The van der Waals surface area contributed by atoms with E-state index in [0.717, 1.165) is 12.8 Å². The minimum Gasteiger partial charge on any atom is -0.381 e. The summed E-state index contributed by atoms with van der Waals surface area (Å²) in [5, 5.41) is 3.07. The highest BCUT2D eigenvalue weighted by Crippen LogP contribution is 2.24. The Labute approximate surface area is 149 Å². The number of benzene rings is 2. The fourth-order valence-electron chi connectivity index (χ4n) is 3.41. The summed E-state index contributed by atoms with van der Waals surface area (Å²) in [6, 6.07) is 20.1. The van der Waals surface area contributed by atoms with Gasteiger partial charge >= 0.3 is 0 Å². The maximum absolute atomic E-state index is 12.5. The van der Waals surface area contributed by atoms with Crippen molar-refractivity contribution in [2.24, 2.45) is 11.7 Å². The normalized spacial score (nSPS) is 16.6. The number of carbonyl (C=O) groups excluding carboxylic acids is 1. The second-order valence-corrected chi connectivity index (χ2v) is 6.59. The van der Waals surface area contributed by atoms with Crippen LogP contribution in [0.4, 0.5) is 0 Å². The molecule has 1 saturated heterocycles. The maximum atomic E-state index is 12.5. The summed E-state index contributed by atoms with van der Waals surface area (Å²) in [5.74, 6) is 0.262. The smallest absolute Gasteiger partial charge is 0.237 e. The molecule has 4 heteroatoms. The van der Waals surface area contributed by atoms with Gasteiger partial charge in [0.2, 0.25) is 5.91 Å². The van der Waals surface area contributed by atoms with Gasteiger partial charge in [0.1, 0.15) is 0 Å². The molecule has 1 atom stereocenters. The Balaban J connectivity index is 1.67. The third kappa shape index (κ3) is 4.68. The van der Waals surface area contributed by atoms with Crippen molar-refractivity contribution in [2.75, 3.05) is 19.8 Å². The van der Waals surface area contributed by atoms with Crippen LogP contribution in [-0.2, 0) is 9.53 Å². The van der Waals surface area contributed by atoms with Gasteiger partial charge in [0.05, 0.1) is 6.04 Å². The highest BCUT2D eigenvalue weighted by molar-refractivity contribution is 5.82. The quantitative estimate of drug-likeness (QED) is 0.851. The average molecular weight is 338 g/mol. The summed E-state index contributed by atoms with van der Waals surface area (Å²) in [6.45, 7) is 1.94. The van der Waals surface area contributed by atoms with E-state index in [1.54, 1.807) is 0 Å². The van der Waals surface area contributed by atoms with Crippen molar-refractivity contribution in [1.29, 1.82) is 0 Å². The Morgan fingerprint density at radius 2 is 1.52 bits per heavy atom. The van der Waals surface area contributed by atoms with Crippen LogP contribution in [0.25, 0.3) is 0 Å². The van der Waals surface area contributed by atoms with Crippen LogP contribution in [-0.4, -0.2) is 31.7 Å². The molecule has 0 bridgehead atoms. The molecule has 4 nitrogen and oxygen atoms in total. The van der Waals surface area contributed by atoms with Crippen LogP contribution in [0.5, 0.6) is 0 Å². The van der Waals surface area contributed by atoms with E-state index in [4.69, 9.17) is 10.5 Å². The van der Waals surface area contributed by atoms with Gasteiger partial charge in [-0.25, -0.2) is 0 Å². The van der Waals surface area contributed by atoms with Gasteiger partial charge < -0.3 is 15.8 Å². The monoisotopic (exact) mass is 338 g/mol. The highest BCUT2D eigenvalue weighted by atomic mass is 16.5. The zero-order valence-electron chi connectivity index (χ0n) is 14.4. The topological polar surface area (TPSA) is 64.4 Å². The van der Waals surface area contributed by atoms with Gasteiger partial charge in [-0.2, -0.15) is 0 Å². The molecular weight excluding hydrogens is 312 g/mol. The highest BCUT2D eigenvalue weighted by Gasteiger charge is 2.27. The molecule has 1 amide bonds. The number of rotatable bonds is 6. The largest absolute Gasteiger partial charge is 0.381 e. The summed E-state index contributed by atoms with van der Waals surface area (Å²) in [6.07, 6.45) is 1.71. The van der Waals surface area contributed by atoms with Crippen LogP contribution in [0.3, 0.4) is 0 Å². The lowest BCUT2D eigenvalue weighted by atomic mass is 9.90. The van der Waals surface area contributed by atoms with Gasteiger partial charge in [-0.05, 0) is 29.9 Å². The fourth-order valence-corrected chi connectivity index (χ4v) is 3.41. The van der Waals surface area contributed by atoms with Crippen molar-refractivity contribution in [3.63, 3.8) is 0 Å². The Morgan fingerprint density at radius 3 is 2.04 bits per heavy atom. The number of nitrogens with two attached hydrogens (primary N) is 1. The first-order valence-electron chi connectivity index (χ1n) is 8.96. The van der Waals surface area contributed by atoms with E-state index < -0.39 is 6.04 Å². The number of nitrogens with one attached hydrogen (secondary N) is 1. The molecule has 0 saturated carbocycles. The van der Waals surface area contributed by atoms with E-state index in [2.05, 4.69) is 29.6 Å². The first kappa shape index (κ1) is 17.6. The van der Waals surface area contributed by atoms with Crippen LogP contribution in [0.15, 0.2) is 60.7 Å². The fraction of sp³-hybridized carbons (Fsp3) is 0.381. The van der Waals surface area contributed by atoms with Gasteiger partial charge in [-0.1, -0.05) is 60.7 Å². The maximum Gasteiger partial charge on any atom is 0.237 e. The number of amides is 1. The predicted molar refractivity (Wildman–Crippen MR) is 99.3 cm³/mol. The van der Waals surface area contributed by atoms with Crippen molar-refractivity contribution in [3.05, 3.63) is 71.8 Å². The van der Waals surface area contributed by atoms with E-state index in [9.17, 15) is 4.79 Å². The van der Waals surface area contributed by atoms with E-state index in [1.165, 1.54) is 11.1 Å². The summed E-state index contributed by atoms with van der Waals surface area (Å²) in [4.78, 5) is 12.5. The number of hydrogen-bond acceptors (Lipinski definition) is 3. The molecule has 2 aromatic carbocycles. The van der Waals surface area contributed by atoms with E-state index in [1.807, 2.05) is 36.4 Å². The van der Waals surface area contributed by atoms with Gasteiger partial charge in [0.25, 0.3) is 0 Å². The summed E-state index contributed by atoms with van der Waals surface area (Å²) >= 11 is 0. The Morgan fingerprint density at radius 1 is 1.00 bits per heavy atom. The van der Waals surface area contributed by atoms with Crippen LogP contribution in [0.2, 0.25) is 0 Å². The van der Waals surface area contributed by atoms with E-state index in [-0.39, 0.29) is 17.7 Å². The molecular formula is C21H26N2O2. The molecule has 1 aliphatic rings. The third-order valence-electron chi connectivity index (χ3n) is 4.96. The molecule has 1 fully saturated rings. The van der Waals surface area contributed by atoms with Crippen LogP contribution < -0.4 is 11.1 Å². The van der Waals surface area contributed by atoms with Crippen molar-refractivity contribution in [1.82, 2.24) is 5.32 Å². The lowest BCUT2D eigenvalue weighted by Gasteiger charge is -2.27. The molecule has 0 aromatic heterocycles. The number of ether oxygens (including phenoxy) is 1. The SMILES string of the molecule is NC(C(=O)NCC(c1ccccc1)c1ccccc1)C1CCOCC1. The molecule has 1 aliphatic heterocycles. The molecule has 0 aliphatic carbocycles. The van der Waals surface area contributed by atoms with E-state index in [0.29, 0.717) is 19.8 Å². The lowest BCUT2D eigenvalue weighted by Crippen LogP contribution is -2.48. The summed E-state index contributed by atoms with van der Waals surface area (Å²) < 4.78 is 5.36. The summed E-state index contributed by atoms with van der Waals surface area (Å²) in [5.41, 5.74) is 8.57.